The van der Waals surface area contributed by atoms with Crippen LogP contribution in [0.25, 0.3) is 0 Å². The number of carbonyl (C=O) groups is 1. The van der Waals surface area contributed by atoms with Crippen molar-refractivity contribution >= 4 is 18.3 Å². The Kier molecular flexibility index (Phi) is 7.23. The highest BCUT2D eigenvalue weighted by Gasteiger charge is 2.34. The number of carbonyl (C=O) groups excluding carboxylic acids is 1. The van der Waals surface area contributed by atoms with E-state index in [1.54, 1.807) is 0 Å². The molecule has 118 valence electrons. The van der Waals surface area contributed by atoms with E-state index in [0.717, 1.165) is 25.8 Å². The number of likely N-dealkylation sites (tertiary alicyclic amines) is 1. The Morgan fingerprint density at radius 3 is 2.65 bits per heavy atom. The van der Waals surface area contributed by atoms with E-state index in [2.05, 4.69) is 6.92 Å². The van der Waals surface area contributed by atoms with Gasteiger partial charge in [0.05, 0.1) is 19.3 Å². The van der Waals surface area contributed by atoms with Crippen molar-refractivity contribution in [1.82, 2.24) is 4.90 Å². The van der Waals surface area contributed by atoms with Gasteiger partial charge in [-0.05, 0) is 18.8 Å². The van der Waals surface area contributed by atoms with Crippen LogP contribution in [0.2, 0.25) is 0 Å². The highest BCUT2D eigenvalue weighted by atomic mass is 35.5. The molecule has 2 N–H and O–H groups in total. The highest BCUT2D eigenvalue weighted by molar-refractivity contribution is 5.85. The number of amides is 1. The van der Waals surface area contributed by atoms with E-state index in [1.165, 1.54) is 0 Å². The van der Waals surface area contributed by atoms with Crippen molar-refractivity contribution in [3.05, 3.63) is 0 Å². The lowest BCUT2D eigenvalue weighted by atomic mass is 9.94. The minimum absolute atomic E-state index is 0. The fourth-order valence-corrected chi connectivity index (χ4v) is 2.79. The molecule has 20 heavy (non-hydrogen) atoms. The van der Waals surface area contributed by atoms with Gasteiger partial charge in [-0.1, -0.05) is 20.3 Å². The van der Waals surface area contributed by atoms with Crippen LogP contribution in [-0.2, 0) is 14.3 Å². The molecule has 0 aromatic heterocycles. The summed E-state index contributed by atoms with van der Waals surface area (Å²) in [5.74, 6) is 0.605. The lowest BCUT2D eigenvalue weighted by Gasteiger charge is -2.36. The number of nitrogens with two attached hydrogens (primary N) is 1. The topological polar surface area (TPSA) is 64.8 Å². The second-order valence-electron chi connectivity index (χ2n) is 5.71. The molecule has 0 radical (unpaired) electrons. The van der Waals surface area contributed by atoms with Crippen LogP contribution in [0.4, 0.5) is 0 Å². The Morgan fingerprint density at radius 1 is 1.40 bits per heavy atom. The van der Waals surface area contributed by atoms with Crippen molar-refractivity contribution in [3.63, 3.8) is 0 Å². The molecule has 0 spiro atoms. The first-order valence-electron chi connectivity index (χ1n) is 7.41. The second kappa shape index (κ2) is 8.17. The van der Waals surface area contributed by atoms with Crippen LogP contribution in [0.5, 0.6) is 0 Å². The average molecular weight is 307 g/mol. The van der Waals surface area contributed by atoms with Gasteiger partial charge in [-0.2, -0.15) is 0 Å². The number of hydrogen-bond acceptors (Lipinski definition) is 4. The summed E-state index contributed by atoms with van der Waals surface area (Å²) in [6.07, 6.45) is 2.87. The minimum Gasteiger partial charge on any atom is -0.350 e. The van der Waals surface area contributed by atoms with Gasteiger partial charge in [0.25, 0.3) is 0 Å². The zero-order chi connectivity index (χ0) is 13.8. The first-order valence-corrected chi connectivity index (χ1v) is 7.41. The molecule has 2 aliphatic heterocycles. The Morgan fingerprint density at radius 2 is 2.05 bits per heavy atom. The maximum atomic E-state index is 12.4. The van der Waals surface area contributed by atoms with Crippen LogP contribution in [0.1, 0.15) is 33.1 Å². The number of ether oxygens (including phenoxy) is 2. The van der Waals surface area contributed by atoms with Crippen molar-refractivity contribution in [2.24, 2.45) is 17.6 Å². The molecule has 1 amide bonds. The van der Waals surface area contributed by atoms with E-state index in [-0.39, 0.29) is 36.6 Å². The molecule has 0 aromatic rings. The van der Waals surface area contributed by atoms with Gasteiger partial charge in [0, 0.05) is 19.0 Å². The Bertz CT molecular complexity index is 311. The van der Waals surface area contributed by atoms with Crippen molar-refractivity contribution in [3.8, 4) is 0 Å². The fraction of sp³-hybridized carbons (Fsp3) is 0.929. The Hall–Kier alpha value is -0.360. The van der Waals surface area contributed by atoms with Gasteiger partial charge < -0.3 is 20.1 Å². The van der Waals surface area contributed by atoms with E-state index >= 15 is 0 Å². The van der Waals surface area contributed by atoms with Gasteiger partial charge in [0.1, 0.15) is 0 Å². The van der Waals surface area contributed by atoms with Crippen LogP contribution in [0.3, 0.4) is 0 Å². The molecule has 0 aliphatic carbocycles. The average Bonchev–Trinajstić information content (AvgIpc) is 2.99. The third-order valence-electron chi connectivity index (χ3n) is 4.34. The molecule has 2 saturated heterocycles. The van der Waals surface area contributed by atoms with Gasteiger partial charge >= 0.3 is 0 Å². The summed E-state index contributed by atoms with van der Waals surface area (Å²) >= 11 is 0. The van der Waals surface area contributed by atoms with E-state index < -0.39 is 0 Å². The molecular formula is C14H27ClN2O3. The van der Waals surface area contributed by atoms with Crippen molar-refractivity contribution in [2.45, 2.75) is 45.4 Å². The first-order chi connectivity index (χ1) is 9.13. The SMILES string of the molecule is CCC(C)C(N)C(=O)N1CCCC(C2OCCO2)C1.Cl. The number of piperidine rings is 1. The summed E-state index contributed by atoms with van der Waals surface area (Å²) in [7, 11) is 0. The van der Waals surface area contributed by atoms with Crippen molar-refractivity contribution < 1.29 is 14.3 Å². The van der Waals surface area contributed by atoms with Gasteiger partial charge in [0.2, 0.25) is 5.91 Å². The van der Waals surface area contributed by atoms with E-state index in [0.29, 0.717) is 25.7 Å². The monoisotopic (exact) mass is 306 g/mol. The van der Waals surface area contributed by atoms with Gasteiger partial charge in [-0.15, -0.1) is 12.4 Å². The molecule has 2 aliphatic rings. The molecule has 5 nitrogen and oxygen atoms in total. The van der Waals surface area contributed by atoms with Crippen molar-refractivity contribution in [1.29, 1.82) is 0 Å². The fourth-order valence-electron chi connectivity index (χ4n) is 2.79. The quantitative estimate of drug-likeness (QED) is 0.852. The van der Waals surface area contributed by atoms with Crippen LogP contribution >= 0.6 is 12.4 Å². The van der Waals surface area contributed by atoms with E-state index in [4.69, 9.17) is 15.2 Å². The predicted molar refractivity (Wildman–Crippen MR) is 79.7 cm³/mol. The molecule has 0 bridgehead atoms. The van der Waals surface area contributed by atoms with Crippen LogP contribution in [0, 0.1) is 11.8 Å². The largest absolute Gasteiger partial charge is 0.350 e. The van der Waals surface area contributed by atoms with Crippen LogP contribution in [0.15, 0.2) is 0 Å². The summed E-state index contributed by atoms with van der Waals surface area (Å²) < 4.78 is 11.1. The van der Waals surface area contributed by atoms with Gasteiger partial charge in [-0.3, -0.25) is 4.79 Å². The van der Waals surface area contributed by atoms with E-state index in [1.807, 2.05) is 11.8 Å². The normalized spacial score (nSPS) is 26.9. The third kappa shape index (κ3) is 4.07. The molecule has 2 fully saturated rings. The Labute approximate surface area is 127 Å². The highest BCUT2D eigenvalue weighted by Crippen LogP contribution is 2.25. The predicted octanol–water partition coefficient (Wildman–Crippen LogP) is 1.39. The maximum absolute atomic E-state index is 12.4. The second-order valence-corrected chi connectivity index (χ2v) is 5.71. The molecule has 2 rings (SSSR count). The summed E-state index contributed by atoms with van der Waals surface area (Å²) in [6, 6.07) is -0.380. The summed E-state index contributed by atoms with van der Waals surface area (Å²) in [6.45, 7) is 6.97. The van der Waals surface area contributed by atoms with Gasteiger partial charge in [-0.25, -0.2) is 0 Å². The molecule has 3 unspecified atom stereocenters. The molecule has 6 heteroatoms. The van der Waals surface area contributed by atoms with Crippen LogP contribution in [-0.4, -0.2) is 49.4 Å². The molecule has 0 saturated carbocycles. The molecule has 0 aromatic carbocycles. The molecule has 3 atom stereocenters. The van der Waals surface area contributed by atoms with E-state index in [9.17, 15) is 4.79 Å². The third-order valence-corrected chi connectivity index (χ3v) is 4.34. The number of halogens is 1. The summed E-state index contributed by atoms with van der Waals surface area (Å²) in [5, 5.41) is 0. The molecule has 2 heterocycles. The van der Waals surface area contributed by atoms with Gasteiger partial charge in [0.15, 0.2) is 6.29 Å². The smallest absolute Gasteiger partial charge is 0.239 e. The zero-order valence-electron chi connectivity index (χ0n) is 12.4. The van der Waals surface area contributed by atoms with Crippen LogP contribution < -0.4 is 5.73 Å². The Balaban J connectivity index is 0.00000200. The maximum Gasteiger partial charge on any atom is 0.239 e. The number of nitrogens with zero attached hydrogens (tertiary/aromatic N) is 1. The molecular weight excluding hydrogens is 280 g/mol. The lowest BCUT2D eigenvalue weighted by molar-refractivity contribution is -0.141. The number of rotatable bonds is 4. The zero-order valence-corrected chi connectivity index (χ0v) is 13.2. The standard InChI is InChI=1S/C14H26N2O3.ClH/c1-3-10(2)12(15)13(17)16-6-4-5-11(9-16)14-18-7-8-19-14;/h10-12,14H,3-9,15H2,1-2H3;1H. The lowest BCUT2D eigenvalue weighted by Crippen LogP contribution is -2.51. The van der Waals surface area contributed by atoms with Crippen molar-refractivity contribution in [2.75, 3.05) is 26.3 Å². The number of hydrogen-bond donors (Lipinski definition) is 1. The minimum atomic E-state index is -0.380. The summed E-state index contributed by atoms with van der Waals surface area (Å²) in [4.78, 5) is 14.3. The summed E-state index contributed by atoms with van der Waals surface area (Å²) in [5.41, 5.74) is 6.05. The first kappa shape index (κ1) is 17.7.